The fourth-order valence-corrected chi connectivity index (χ4v) is 4.75. The van der Waals surface area contributed by atoms with Crippen molar-refractivity contribution in [3.8, 4) is 5.75 Å². The van der Waals surface area contributed by atoms with Crippen LogP contribution in [0.25, 0.3) is 0 Å². The maximum absolute atomic E-state index is 14.1. The second-order valence-corrected chi connectivity index (χ2v) is 9.78. The highest BCUT2D eigenvalue weighted by atomic mass is 79.9. The van der Waals surface area contributed by atoms with E-state index in [4.69, 9.17) is 4.74 Å². The molecular weight excluding hydrogens is 499 g/mol. The number of anilines is 1. The van der Waals surface area contributed by atoms with Gasteiger partial charge in [-0.1, -0.05) is 46.3 Å². The van der Waals surface area contributed by atoms with Gasteiger partial charge in [0.05, 0.1) is 24.2 Å². The van der Waals surface area contributed by atoms with Gasteiger partial charge in [0.2, 0.25) is 15.9 Å². The maximum atomic E-state index is 14.1. The molecule has 0 aliphatic rings. The molecule has 0 heterocycles. The minimum Gasteiger partial charge on any atom is -0.497 e. The number of methoxy groups -OCH3 is 1. The van der Waals surface area contributed by atoms with E-state index in [0.29, 0.717) is 16.6 Å². The predicted molar refractivity (Wildman–Crippen MR) is 125 cm³/mol. The molecule has 0 bridgehead atoms. The van der Waals surface area contributed by atoms with Crippen molar-refractivity contribution in [2.75, 3.05) is 25.5 Å². The molecule has 0 saturated carbocycles. The number of carbonyl (C=O) groups excluding carboxylic acids is 1. The zero-order valence-electron chi connectivity index (χ0n) is 17.3. The van der Waals surface area contributed by atoms with Crippen LogP contribution in [0.15, 0.2) is 82.2 Å². The number of benzene rings is 3. The number of amides is 1. The van der Waals surface area contributed by atoms with E-state index in [9.17, 15) is 17.6 Å². The molecule has 1 N–H and O–H groups in total. The predicted octanol–water partition coefficient (Wildman–Crippen LogP) is 4.47. The van der Waals surface area contributed by atoms with Crippen molar-refractivity contribution >= 4 is 37.5 Å². The maximum Gasteiger partial charge on any atom is 0.243 e. The monoisotopic (exact) mass is 520 g/mol. The third-order valence-corrected chi connectivity index (χ3v) is 7.07. The Bertz CT molecular complexity index is 1170. The minimum atomic E-state index is -3.98. The number of hydrogen-bond donors (Lipinski definition) is 1. The van der Waals surface area contributed by atoms with Crippen LogP contribution in [0.4, 0.5) is 10.1 Å². The van der Waals surface area contributed by atoms with Gasteiger partial charge in [0.25, 0.3) is 0 Å². The van der Waals surface area contributed by atoms with Crippen LogP contribution in [0.5, 0.6) is 5.75 Å². The Morgan fingerprint density at radius 2 is 1.75 bits per heavy atom. The van der Waals surface area contributed by atoms with Gasteiger partial charge in [0.15, 0.2) is 0 Å². The summed E-state index contributed by atoms with van der Waals surface area (Å²) in [5.74, 6) is -0.749. The van der Waals surface area contributed by atoms with Gasteiger partial charge in [0.1, 0.15) is 11.6 Å². The number of nitrogens with one attached hydrogen (secondary N) is 1. The molecular formula is C23H22BrFN2O4S. The molecule has 168 valence electrons. The first-order valence-electron chi connectivity index (χ1n) is 9.72. The number of nitrogens with zero attached hydrogens (tertiary/aromatic N) is 1. The third-order valence-electron chi connectivity index (χ3n) is 4.72. The normalized spacial score (nSPS) is 11.4. The van der Waals surface area contributed by atoms with Crippen molar-refractivity contribution in [1.82, 2.24) is 4.31 Å². The van der Waals surface area contributed by atoms with Crippen LogP contribution >= 0.6 is 15.9 Å². The van der Waals surface area contributed by atoms with E-state index in [1.807, 2.05) is 30.3 Å². The lowest BCUT2D eigenvalue weighted by molar-refractivity contribution is -0.116. The van der Waals surface area contributed by atoms with E-state index in [0.717, 1.165) is 9.87 Å². The fourth-order valence-electron chi connectivity index (χ4n) is 3.02. The van der Waals surface area contributed by atoms with Crippen LogP contribution < -0.4 is 10.1 Å². The van der Waals surface area contributed by atoms with Gasteiger partial charge in [-0.25, -0.2) is 12.8 Å². The SMILES string of the molecule is COc1ccc(S(=O)(=O)N(CCc2ccccc2)CC(=O)Nc2ccc(Br)cc2F)cc1. The molecule has 3 aromatic carbocycles. The highest BCUT2D eigenvalue weighted by Gasteiger charge is 2.27. The van der Waals surface area contributed by atoms with Gasteiger partial charge in [-0.15, -0.1) is 0 Å². The van der Waals surface area contributed by atoms with Crippen LogP contribution in [0.2, 0.25) is 0 Å². The number of sulfonamides is 1. The smallest absolute Gasteiger partial charge is 0.243 e. The van der Waals surface area contributed by atoms with Crippen LogP contribution in [0.1, 0.15) is 5.56 Å². The van der Waals surface area contributed by atoms with Crippen LogP contribution in [0, 0.1) is 5.82 Å². The quantitative estimate of drug-likeness (QED) is 0.451. The standard InChI is InChI=1S/C23H22BrFN2O4S/c1-31-19-8-10-20(11-9-19)32(29,30)27(14-13-17-5-3-2-4-6-17)16-23(28)26-22-12-7-18(24)15-21(22)25/h2-12,15H,13-14,16H2,1H3,(H,26,28). The number of hydrogen-bond acceptors (Lipinski definition) is 4. The summed E-state index contributed by atoms with van der Waals surface area (Å²) in [5, 5.41) is 2.45. The van der Waals surface area contributed by atoms with Crippen LogP contribution in [-0.2, 0) is 21.2 Å². The summed E-state index contributed by atoms with van der Waals surface area (Å²) >= 11 is 3.16. The summed E-state index contributed by atoms with van der Waals surface area (Å²) in [5.41, 5.74) is 0.907. The lowest BCUT2D eigenvalue weighted by Gasteiger charge is -2.22. The zero-order valence-corrected chi connectivity index (χ0v) is 19.7. The molecule has 0 aromatic heterocycles. The summed E-state index contributed by atoms with van der Waals surface area (Å²) in [4.78, 5) is 12.7. The van der Waals surface area contributed by atoms with E-state index in [1.165, 1.54) is 31.4 Å². The van der Waals surface area contributed by atoms with Gasteiger partial charge < -0.3 is 10.1 Å². The first-order valence-corrected chi connectivity index (χ1v) is 12.0. The van der Waals surface area contributed by atoms with Crippen molar-refractivity contribution in [1.29, 1.82) is 0 Å². The van der Waals surface area contributed by atoms with E-state index < -0.39 is 28.3 Å². The second-order valence-electron chi connectivity index (χ2n) is 6.92. The molecule has 3 aromatic rings. The first-order chi connectivity index (χ1) is 15.3. The molecule has 3 rings (SSSR count). The first kappa shape index (κ1) is 23.9. The summed E-state index contributed by atoms with van der Waals surface area (Å²) in [6.07, 6.45) is 0.413. The summed E-state index contributed by atoms with van der Waals surface area (Å²) in [6, 6.07) is 19.5. The molecule has 0 atom stereocenters. The van der Waals surface area contributed by atoms with Gasteiger partial charge in [-0.2, -0.15) is 4.31 Å². The summed E-state index contributed by atoms with van der Waals surface area (Å²) < 4.78 is 47.4. The molecule has 6 nitrogen and oxygen atoms in total. The van der Waals surface area contributed by atoms with Gasteiger partial charge in [-0.3, -0.25) is 4.79 Å². The Hall–Kier alpha value is -2.75. The van der Waals surface area contributed by atoms with Crippen molar-refractivity contribution in [2.24, 2.45) is 0 Å². The van der Waals surface area contributed by atoms with E-state index in [1.54, 1.807) is 18.2 Å². The summed E-state index contributed by atoms with van der Waals surface area (Å²) in [6.45, 7) is -0.384. The number of halogens is 2. The molecule has 0 radical (unpaired) electrons. The van der Waals surface area contributed by atoms with Crippen molar-refractivity contribution in [2.45, 2.75) is 11.3 Å². The Balaban J connectivity index is 1.82. The van der Waals surface area contributed by atoms with Crippen molar-refractivity contribution in [3.63, 3.8) is 0 Å². The molecule has 0 unspecified atom stereocenters. The number of ether oxygens (including phenoxy) is 1. The van der Waals surface area contributed by atoms with Gasteiger partial charge >= 0.3 is 0 Å². The lowest BCUT2D eigenvalue weighted by Crippen LogP contribution is -2.39. The second kappa shape index (κ2) is 10.7. The average Bonchev–Trinajstić information content (AvgIpc) is 2.79. The molecule has 0 fully saturated rings. The average molecular weight is 521 g/mol. The number of rotatable bonds is 9. The molecule has 0 aliphatic carbocycles. The van der Waals surface area contributed by atoms with E-state index in [-0.39, 0.29) is 17.1 Å². The van der Waals surface area contributed by atoms with Crippen LogP contribution in [-0.4, -0.2) is 38.8 Å². The fraction of sp³-hybridized carbons (Fsp3) is 0.174. The molecule has 9 heteroatoms. The Morgan fingerprint density at radius 1 is 1.06 bits per heavy atom. The third kappa shape index (κ3) is 6.15. The Labute approximate surface area is 195 Å². The Kier molecular flexibility index (Phi) is 8.00. The van der Waals surface area contributed by atoms with E-state index in [2.05, 4.69) is 21.2 Å². The summed E-state index contributed by atoms with van der Waals surface area (Å²) in [7, 11) is -2.50. The number of carbonyl (C=O) groups is 1. The topological polar surface area (TPSA) is 75.7 Å². The van der Waals surface area contributed by atoms with E-state index >= 15 is 0 Å². The molecule has 0 saturated heterocycles. The molecule has 0 spiro atoms. The van der Waals surface area contributed by atoms with Gasteiger partial charge in [-0.05, 0) is 54.4 Å². The molecule has 0 aliphatic heterocycles. The van der Waals surface area contributed by atoms with Crippen molar-refractivity contribution < 1.29 is 22.3 Å². The minimum absolute atomic E-state index is 0.0249. The zero-order chi connectivity index (χ0) is 23.1. The highest BCUT2D eigenvalue weighted by molar-refractivity contribution is 9.10. The lowest BCUT2D eigenvalue weighted by atomic mass is 10.1. The van der Waals surface area contributed by atoms with Crippen molar-refractivity contribution in [3.05, 3.63) is 88.6 Å². The Morgan fingerprint density at radius 3 is 2.38 bits per heavy atom. The largest absolute Gasteiger partial charge is 0.497 e. The van der Waals surface area contributed by atoms with Crippen LogP contribution in [0.3, 0.4) is 0 Å². The van der Waals surface area contributed by atoms with Gasteiger partial charge in [0, 0.05) is 11.0 Å². The highest BCUT2D eigenvalue weighted by Crippen LogP contribution is 2.22. The molecule has 1 amide bonds. The molecule has 32 heavy (non-hydrogen) atoms.